The Balaban J connectivity index is 1.68. The fourth-order valence-electron chi connectivity index (χ4n) is 3.17. The highest BCUT2D eigenvalue weighted by Crippen LogP contribution is 2.44. The molecular formula is C21H16F2N2O3S. The van der Waals surface area contributed by atoms with Crippen LogP contribution in [0.15, 0.2) is 42.5 Å². The smallest absolute Gasteiger partial charge is 0.268 e. The van der Waals surface area contributed by atoms with Gasteiger partial charge in [-0.2, -0.15) is 0 Å². The van der Waals surface area contributed by atoms with Crippen molar-refractivity contribution in [3.05, 3.63) is 64.5 Å². The number of anilines is 2. The number of thiophene rings is 1. The number of rotatable bonds is 3. The van der Waals surface area contributed by atoms with E-state index in [-0.39, 0.29) is 11.6 Å². The second-order valence-electron chi connectivity index (χ2n) is 6.61. The third kappa shape index (κ3) is 3.58. The predicted octanol–water partition coefficient (Wildman–Crippen LogP) is 4.82. The van der Waals surface area contributed by atoms with Crippen LogP contribution in [-0.4, -0.2) is 18.9 Å². The largest absolute Gasteiger partial charge is 0.488 e. The summed E-state index contributed by atoms with van der Waals surface area (Å²) in [5, 5.41) is 2.73. The van der Waals surface area contributed by atoms with Gasteiger partial charge in [-0.15, -0.1) is 11.3 Å². The molecule has 0 atom stereocenters. The van der Waals surface area contributed by atoms with Crippen LogP contribution in [0.2, 0.25) is 0 Å². The van der Waals surface area contributed by atoms with Crippen LogP contribution in [0.4, 0.5) is 20.2 Å². The summed E-state index contributed by atoms with van der Waals surface area (Å²) in [7, 11) is 1.44. The number of halogens is 2. The van der Waals surface area contributed by atoms with Gasteiger partial charge >= 0.3 is 0 Å². The fourth-order valence-corrected chi connectivity index (χ4v) is 4.33. The molecule has 0 radical (unpaired) electrons. The highest BCUT2D eigenvalue weighted by Gasteiger charge is 2.25. The molecule has 0 bridgehead atoms. The quantitative estimate of drug-likeness (QED) is 0.669. The first-order valence-electron chi connectivity index (χ1n) is 8.74. The minimum Gasteiger partial charge on any atom is -0.488 e. The molecule has 0 spiro atoms. The summed E-state index contributed by atoms with van der Waals surface area (Å²) < 4.78 is 33.0. The van der Waals surface area contributed by atoms with Crippen molar-refractivity contribution in [1.29, 1.82) is 0 Å². The van der Waals surface area contributed by atoms with Crippen LogP contribution in [0.3, 0.4) is 0 Å². The first kappa shape index (κ1) is 19.1. The third-order valence-corrected chi connectivity index (χ3v) is 5.72. The topological polar surface area (TPSA) is 58.6 Å². The Bertz CT molecular complexity index is 1140. The molecule has 0 saturated carbocycles. The molecule has 2 aromatic carbocycles. The Labute approximate surface area is 169 Å². The molecule has 4 rings (SSSR count). The van der Waals surface area contributed by atoms with Crippen molar-refractivity contribution < 1.29 is 23.1 Å². The molecule has 8 heteroatoms. The average Bonchev–Trinajstić information content (AvgIpc) is 3.11. The van der Waals surface area contributed by atoms with Crippen LogP contribution in [0.1, 0.15) is 22.2 Å². The van der Waals surface area contributed by atoms with E-state index >= 15 is 0 Å². The molecule has 0 unspecified atom stereocenters. The van der Waals surface area contributed by atoms with Crippen molar-refractivity contribution >= 4 is 34.5 Å². The van der Waals surface area contributed by atoms with Gasteiger partial charge in [0.2, 0.25) is 5.91 Å². The van der Waals surface area contributed by atoms with Crippen molar-refractivity contribution in [2.45, 2.75) is 13.5 Å². The van der Waals surface area contributed by atoms with E-state index in [0.29, 0.717) is 22.9 Å². The minimum atomic E-state index is -0.809. The van der Waals surface area contributed by atoms with Crippen LogP contribution in [0, 0.1) is 11.6 Å². The number of benzene rings is 2. The fraction of sp³-hybridized carbons (Fsp3) is 0.143. The van der Waals surface area contributed by atoms with E-state index in [1.807, 2.05) is 0 Å². The lowest BCUT2D eigenvalue weighted by Gasteiger charge is -2.18. The predicted molar refractivity (Wildman–Crippen MR) is 107 cm³/mol. The van der Waals surface area contributed by atoms with E-state index in [2.05, 4.69) is 5.32 Å². The van der Waals surface area contributed by atoms with Crippen LogP contribution < -0.4 is 15.0 Å². The van der Waals surface area contributed by atoms with Crippen LogP contribution >= 0.6 is 11.3 Å². The van der Waals surface area contributed by atoms with E-state index in [9.17, 15) is 18.4 Å². The van der Waals surface area contributed by atoms with Gasteiger partial charge in [-0.25, -0.2) is 8.78 Å². The SMILES string of the molecule is CC(=O)Nc1ccc2c(c1)-c1sc(C(=O)N(C)c3ccc(F)cc3F)cc1CO2. The lowest BCUT2D eigenvalue weighted by Crippen LogP contribution is -2.26. The zero-order valence-corrected chi connectivity index (χ0v) is 16.4. The second kappa shape index (κ2) is 7.29. The second-order valence-corrected chi connectivity index (χ2v) is 7.66. The van der Waals surface area contributed by atoms with E-state index in [1.165, 1.54) is 31.4 Å². The molecule has 0 fully saturated rings. The maximum atomic E-state index is 14.1. The summed E-state index contributed by atoms with van der Waals surface area (Å²) in [6.07, 6.45) is 0. The molecule has 0 aliphatic carbocycles. The van der Waals surface area contributed by atoms with E-state index < -0.39 is 17.5 Å². The molecule has 0 saturated heterocycles. The van der Waals surface area contributed by atoms with Gasteiger partial charge in [-0.1, -0.05) is 0 Å². The van der Waals surface area contributed by atoms with Crippen molar-refractivity contribution in [3.63, 3.8) is 0 Å². The maximum absolute atomic E-state index is 14.1. The van der Waals surface area contributed by atoms with Gasteiger partial charge in [-0.3, -0.25) is 9.59 Å². The first-order chi connectivity index (χ1) is 13.8. The normalized spacial score (nSPS) is 11.9. The van der Waals surface area contributed by atoms with Crippen LogP contribution in [0.25, 0.3) is 10.4 Å². The number of fused-ring (bicyclic) bond motifs is 3. The molecule has 2 heterocycles. The highest BCUT2D eigenvalue weighted by atomic mass is 32.1. The van der Waals surface area contributed by atoms with Gasteiger partial charge < -0.3 is 15.0 Å². The summed E-state index contributed by atoms with van der Waals surface area (Å²) in [5.74, 6) is -1.45. The Morgan fingerprint density at radius 3 is 2.66 bits per heavy atom. The van der Waals surface area contributed by atoms with Crippen molar-refractivity contribution in [2.24, 2.45) is 0 Å². The average molecular weight is 414 g/mol. The molecule has 2 amide bonds. The van der Waals surface area contributed by atoms with Gasteiger partial charge in [0.15, 0.2) is 0 Å². The monoisotopic (exact) mass is 414 g/mol. The lowest BCUT2D eigenvalue weighted by atomic mass is 10.1. The summed E-state index contributed by atoms with van der Waals surface area (Å²) in [6, 6.07) is 10.1. The Morgan fingerprint density at radius 2 is 1.93 bits per heavy atom. The molecule has 1 aliphatic heterocycles. The Kier molecular flexibility index (Phi) is 4.79. The summed E-state index contributed by atoms with van der Waals surface area (Å²) >= 11 is 1.27. The van der Waals surface area contributed by atoms with Crippen LogP contribution in [0.5, 0.6) is 5.75 Å². The molecular weight excluding hydrogens is 398 g/mol. The van der Waals surface area contributed by atoms with Crippen molar-refractivity contribution in [1.82, 2.24) is 0 Å². The summed E-state index contributed by atoms with van der Waals surface area (Å²) in [5.41, 5.74) is 2.22. The highest BCUT2D eigenvalue weighted by molar-refractivity contribution is 7.17. The van der Waals surface area contributed by atoms with Gasteiger partial charge in [0, 0.05) is 41.7 Å². The molecule has 3 aromatic rings. The zero-order chi connectivity index (χ0) is 20.7. The molecule has 1 N–H and O–H groups in total. The molecule has 1 aliphatic rings. The molecule has 1 aromatic heterocycles. The van der Waals surface area contributed by atoms with Crippen molar-refractivity contribution in [2.75, 3.05) is 17.3 Å². The number of hydrogen-bond donors (Lipinski definition) is 1. The summed E-state index contributed by atoms with van der Waals surface area (Å²) in [6.45, 7) is 1.73. The standard InChI is InChI=1S/C21H16F2N2O3S/c1-11(26)24-14-4-6-18-15(9-14)20-12(10-28-18)7-19(29-20)21(27)25(2)17-5-3-13(22)8-16(17)23/h3-9H,10H2,1-2H3,(H,24,26). The van der Waals surface area contributed by atoms with Crippen LogP contribution in [-0.2, 0) is 11.4 Å². The zero-order valence-electron chi connectivity index (χ0n) is 15.6. The number of ether oxygens (including phenoxy) is 1. The minimum absolute atomic E-state index is 0.00707. The number of nitrogens with zero attached hydrogens (tertiary/aromatic N) is 1. The van der Waals surface area contributed by atoms with Gasteiger partial charge in [0.05, 0.1) is 10.6 Å². The first-order valence-corrected chi connectivity index (χ1v) is 9.56. The van der Waals surface area contributed by atoms with Crippen molar-refractivity contribution in [3.8, 4) is 16.2 Å². The number of carbonyl (C=O) groups is 2. The maximum Gasteiger partial charge on any atom is 0.268 e. The summed E-state index contributed by atoms with van der Waals surface area (Å²) in [4.78, 5) is 26.7. The molecule has 148 valence electrons. The lowest BCUT2D eigenvalue weighted by molar-refractivity contribution is -0.114. The third-order valence-electron chi connectivity index (χ3n) is 4.52. The van der Waals surface area contributed by atoms with E-state index in [4.69, 9.17) is 4.74 Å². The van der Waals surface area contributed by atoms with Gasteiger partial charge in [0.25, 0.3) is 5.91 Å². The number of nitrogens with one attached hydrogen (secondary N) is 1. The molecule has 29 heavy (non-hydrogen) atoms. The van der Waals surface area contributed by atoms with Gasteiger partial charge in [-0.05, 0) is 36.4 Å². The number of carbonyl (C=O) groups excluding carboxylic acids is 2. The Hall–Kier alpha value is -3.26. The van der Waals surface area contributed by atoms with E-state index in [0.717, 1.165) is 33.0 Å². The number of hydrogen-bond acceptors (Lipinski definition) is 4. The van der Waals surface area contributed by atoms with E-state index in [1.54, 1.807) is 24.3 Å². The molecule has 5 nitrogen and oxygen atoms in total. The van der Waals surface area contributed by atoms with Gasteiger partial charge in [0.1, 0.15) is 24.0 Å². The number of amides is 2. The Morgan fingerprint density at radius 1 is 1.14 bits per heavy atom.